The van der Waals surface area contributed by atoms with Gasteiger partial charge in [0.25, 0.3) is 0 Å². The number of ether oxygens (including phenoxy) is 1. The molecule has 0 saturated carbocycles. The summed E-state index contributed by atoms with van der Waals surface area (Å²) in [5.74, 6) is 1.58. The Morgan fingerprint density at radius 1 is 1.25 bits per heavy atom. The Kier molecular flexibility index (Phi) is 7.00. The smallest absolute Gasteiger partial charge is 0.237 e. The van der Waals surface area contributed by atoms with Gasteiger partial charge in [0.05, 0.1) is 11.9 Å². The third-order valence-corrected chi connectivity index (χ3v) is 4.89. The second kappa shape index (κ2) is 9.00. The van der Waals surface area contributed by atoms with Crippen LogP contribution in [0, 0.1) is 13.8 Å². The molecule has 0 aliphatic carbocycles. The molecule has 5 heteroatoms. The van der Waals surface area contributed by atoms with E-state index in [0.717, 1.165) is 22.8 Å². The average molecular weight is 364 g/mol. The molecule has 0 bridgehead atoms. The van der Waals surface area contributed by atoms with Crippen molar-refractivity contribution in [2.24, 2.45) is 0 Å². The van der Waals surface area contributed by atoms with Gasteiger partial charge in [-0.3, -0.25) is 4.79 Å². The van der Waals surface area contributed by atoms with Crippen molar-refractivity contribution < 1.29 is 9.53 Å². The molecule has 0 radical (unpaired) electrons. The van der Waals surface area contributed by atoms with E-state index in [1.165, 1.54) is 5.56 Å². The maximum atomic E-state index is 12.3. The summed E-state index contributed by atoms with van der Waals surface area (Å²) in [5.41, 5.74) is 2.92. The van der Waals surface area contributed by atoms with Crippen LogP contribution in [0.25, 0.3) is 0 Å². The monoisotopic (exact) mass is 363 g/mol. The number of hydrogen-bond donors (Lipinski definition) is 1. The molecule has 0 spiro atoms. The number of carbonyl (C=O) groups excluding carboxylic acids is 1. The summed E-state index contributed by atoms with van der Waals surface area (Å²) in [5, 5.41) is 3.38. The number of rotatable bonds is 7. The number of carbonyl (C=O) groups is 1. The lowest BCUT2D eigenvalue weighted by Gasteiger charge is -2.14. The lowest BCUT2D eigenvalue weighted by Crippen LogP contribution is -2.23. The Balaban J connectivity index is 1.76. The topological polar surface area (TPSA) is 38.3 Å². The molecule has 0 fully saturated rings. The van der Waals surface area contributed by atoms with Gasteiger partial charge < -0.3 is 10.1 Å². The zero-order valence-corrected chi connectivity index (χ0v) is 15.7. The molecule has 2 rings (SSSR count). The van der Waals surface area contributed by atoms with Crippen LogP contribution in [0.2, 0.25) is 5.02 Å². The first-order chi connectivity index (χ1) is 11.5. The van der Waals surface area contributed by atoms with Crippen molar-refractivity contribution in [3.63, 3.8) is 0 Å². The van der Waals surface area contributed by atoms with Crippen LogP contribution in [0.3, 0.4) is 0 Å². The Morgan fingerprint density at radius 3 is 2.79 bits per heavy atom. The van der Waals surface area contributed by atoms with Gasteiger partial charge in [0.15, 0.2) is 0 Å². The van der Waals surface area contributed by atoms with Gasteiger partial charge in [-0.1, -0.05) is 29.8 Å². The van der Waals surface area contributed by atoms with E-state index in [4.69, 9.17) is 16.3 Å². The molecular formula is C19H22ClNO2S. The molecule has 1 atom stereocenters. The minimum Gasteiger partial charge on any atom is -0.493 e. The highest BCUT2D eigenvalue weighted by Gasteiger charge is 2.14. The fourth-order valence-corrected chi connectivity index (χ4v) is 3.04. The third kappa shape index (κ3) is 5.77. The molecule has 24 heavy (non-hydrogen) atoms. The lowest BCUT2D eigenvalue weighted by molar-refractivity contribution is -0.115. The minimum atomic E-state index is -0.163. The SMILES string of the molecule is Cc1cccc(OCCS[C@H](C)C(=O)Nc2cc(Cl)ccc2C)c1. The Bertz CT molecular complexity index is 706. The first kappa shape index (κ1) is 18.7. The molecule has 0 aliphatic rings. The van der Waals surface area contributed by atoms with Crippen molar-refractivity contribution in [1.29, 1.82) is 0 Å². The van der Waals surface area contributed by atoms with Crippen molar-refractivity contribution in [1.82, 2.24) is 0 Å². The molecule has 2 aromatic rings. The normalized spacial score (nSPS) is 11.8. The van der Waals surface area contributed by atoms with Crippen molar-refractivity contribution >= 4 is 35.0 Å². The number of halogens is 1. The van der Waals surface area contributed by atoms with E-state index in [1.807, 2.05) is 57.2 Å². The van der Waals surface area contributed by atoms with Gasteiger partial charge in [-0.2, -0.15) is 0 Å². The molecule has 1 amide bonds. The summed E-state index contributed by atoms with van der Waals surface area (Å²) in [4.78, 5) is 12.3. The molecule has 0 aliphatic heterocycles. The highest BCUT2D eigenvalue weighted by molar-refractivity contribution is 8.00. The molecule has 128 valence electrons. The largest absolute Gasteiger partial charge is 0.493 e. The number of benzene rings is 2. The number of hydrogen-bond acceptors (Lipinski definition) is 3. The quantitative estimate of drug-likeness (QED) is 0.696. The van der Waals surface area contributed by atoms with E-state index in [1.54, 1.807) is 17.8 Å². The summed E-state index contributed by atoms with van der Waals surface area (Å²) in [6, 6.07) is 13.4. The molecule has 0 unspecified atom stereocenters. The molecular weight excluding hydrogens is 342 g/mol. The Hall–Kier alpha value is -1.65. The van der Waals surface area contributed by atoms with Crippen LogP contribution >= 0.6 is 23.4 Å². The molecule has 0 aromatic heterocycles. The van der Waals surface area contributed by atoms with Crippen molar-refractivity contribution in [3.8, 4) is 5.75 Å². The van der Waals surface area contributed by atoms with Crippen molar-refractivity contribution in [2.45, 2.75) is 26.0 Å². The second-order valence-corrected chi connectivity index (χ2v) is 7.51. The molecule has 0 saturated heterocycles. The van der Waals surface area contributed by atoms with Crippen LogP contribution in [0.4, 0.5) is 5.69 Å². The molecule has 1 N–H and O–H groups in total. The van der Waals surface area contributed by atoms with Crippen LogP contribution in [0.15, 0.2) is 42.5 Å². The summed E-state index contributed by atoms with van der Waals surface area (Å²) >= 11 is 7.55. The number of nitrogens with one attached hydrogen (secondary N) is 1. The van der Waals surface area contributed by atoms with Gasteiger partial charge in [0, 0.05) is 16.5 Å². The standard InChI is InChI=1S/C19H22ClNO2S/c1-13-5-4-6-17(11-13)23-9-10-24-15(3)19(22)21-18-12-16(20)8-7-14(18)2/h4-8,11-12,15H,9-10H2,1-3H3,(H,21,22)/t15-/m1/s1. The number of anilines is 1. The zero-order chi connectivity index (χ0) is 17.5. The van der Waals surface area contributed by atoms with E-state index in [2.05, 4.69) is 5.32 Å². The third-order valence-electron chi connectivity index (χ3n) is 3.54. The van der Waals surface area contributed by atoms with E-state index in [-0.39, 0.29) is 11.2 Å². The lowest BCUT2D eigenvalue weighted by atomic mass is 10.2. The maximum Gasteiger partial charge on any atom is 0.237 e. The van der Waals surface area contributed by atoms with Crippen LogP contribution in [0.1, 0.15) is 18.1 Å². The van der Waals surface area contributed by atoms with Gasteiger partial charge >= 0.3 is 0 Å². The van der Waals surface area contributed by atoms with Crippen molar-refractivity contribution in [2.75, 3.05) is 17.7 Å². The van der Waals surface area contributed by atoms with E-state index in [0.29, 0.717) is 11.6 Å². The second-order valence-electron chi connectivity index (χ2n) is 5.63. The summed E-state index contributed by atoms with van der Waals surface area (Å²) in [7, 11) is 0. The van der Waals surface area contributed by atoms with Crippen LogP contribution in [-0.4, -0.2) is 23.5 Å². The summed E-state index contributed by atoms with van der Waals surface area (Å²) < 4.78 is 5.70. The fraction of sp³-hybridized carbons (Fsp3) is 0.316. The predicted octanol–water partition coefficient (Wildman–Crippen LogP) is 5.10. The average Bonchev–Trinajstić information content (AvgIpc) is 2.55. The first-order valence-electron chi connectivity index (χ1n) is 7.84. The minimum absolute atomic E-state index is 0.0269. The van der Waals surface area contributed by atoms with Gasteiger partial charge in [0.1, 0.15) is 5.75 Å². The van der Waals surface area contributed by atoms with Crippen LogP contribution in [0.5, 0.6) is 5.75 Å². The molecule has 3 nitrogen and oxygen atoms in total. The number of aryl methyl sites for hydroxylation is 2. The van der Waals surface area contributed by atoms with Crippen molar-refractivity contribution in [3.05, 3.63) is 58.6 Å². The first-order valence-corrected chi connectivity index (χ1v) is 9.26. The molecule has 2 aromatic carbocycles. The van der Waals surface area contributed by atoms with E-state index < -0.39 is 0 Å². The number of thioether (sulfide) groups is 1. The summed E-state index contributed by atoms with van der Waals surface area (Å²) in [6.45, 7) is 6.44. The predicted molar refractivity (Wildman–Crippen MR) is 103 cm³/mol. The highest BCUT2D eigenvalue weighted by atomic mass is 35.5. The Morgan fingerprint density at radius 2 is 2.04 bits per heavy atom. The molecule has 0 heterocycles. The van der Waals surface area contributed by atoms with Crippen LogP contribution in [-0.2, 0) is 4.79 Å². The maximum absolute atomic E-state index is 12.3. The van der Waals surface area contributed by atoms with Gasteiger partial charge in [-0.25, -0.2) is 0 Å². The van der Waals surface area contributed by atoms with E-state index >= 15 is 0 Å². The van der Waals surface area contributed by atoms with Gasteiger partial charge in [-0.05, 0) is 56.2 Å². The highest BCUT2D eigenvalue weighted by Crippen LogP contribution is 2.22. The van der Waals surface area contributed by atoms with Crippen LogP contribution < -0.4 is 10.1 Å². The van der Waals surface area contributed by atoms with E-state index in [9.17, 15) is 4.79 Å². The number of amides is 1. The van der Waals surface area contributed by atoms with Gasteiger partial charge in [-0.15, -0.1) is 11.8 Å². The summed E-state index contributed by atoms with van der Waals surface area (Å²) in [6.07, 6.45) is 0. The van der Waals surface area contributed by atoms with Gasteiger partial charge in [0.2, 0.25) is 5.91 Å². The fourth-order valence-electron chi connectivity index (χ4n) is 2.13. The Labute approximate surface area is 152 Å². The zero-order valence-electron chi connectivity index (χ0n) is 14.1.